The zero-order valence-corrected chi connectivity index (χ0v) is 9.15. The standard InChI is InChI=1S/C13H12O3/c1-8(14)12-11(16-2)7-9-5-3-4-6-10(9)13(12)15/h3-7,15H,1-2H3. The topological polar surface area (TPSA) is 46.5 Å². The Kier molecular flexibility index (Phi) is 2.52. The third-order valence-electron chi connectivity index (χ3n) is 2.56. The van der Waals surface area contributed by atoms with Gasteiger partial charge in [-0.05, 0) is 18.4 Å². The maximum absolute atomic E-state index is 11.4. The summed E-state index contributed by atoms with van der Waals surface area (Å²) in [7, 11) is 1.48. The molecule has 16 heavy (non-hydrogen) atoms. The van der Waals surface area contributed by atoms with Gasteiger partial charge in [0, 0.05) is 5.39 Å². The van der Waals surface area contributed by atoms with Gasteiger partial charge in [-0.1, -0.05) is 24.3 Å². The zero-order valence-electron chi connectivity index (χ0n) is 9.15. The maximum atomic E-state index is 11.4. The van der Waals surface area contributed by atoms with Gasteiger partial charge in [-0.3, -0.25) is 4.79 Å². The molecule has 0 spiro atoms. The molecule has 0 bridgehead atoms. The summed E-state index contributed by atoms with van der Waals surface area (Å²) in [4.78, 5) is 11.4. The maximum Gasteiger partial charge on any atom is 0.167 e. The quantitative estimate of drug-likeness (QED) is 0.785. The summed E-state index contributed by atoms with van der Waals surface area (Å²) in [5.41, 5.74) is 0.237. The number of benzene rings is 2. The zero-order chi connectivity index (χ0) is 11.7. The van der Waals surface area contributed by atoms with Gasteiger partial charge in [0.05, 0.1) is 7.11 Å². The summed E-state index contributed by atoms with van der Waals surface area (Å²) in [6.07, 6.45) is 0. The third-order valence-corrected chi connectivity index (χ3v) is 2.56. The van der Waals surface area contributed by atoms with E-state index in [0.717, 1.165) is 5.39 Å². The number of methoxy groups -OCH3 is 1. The van der Waals surface area contributed by atoms with Crippen molar-refractivity contribution < 1.29 is 14.6 Å². The number of fused-ring (bicyclic) bond motifs is 1. The first kappa shape index (κ1) is 10.5. The highest BCUT2D eigenvalue weighted by Gasteiger charge is 2.16. The molecule has 3 nitrogen and oxygen atoms in total. The van der Waals surface area contributed by atoms with Crippen molar-refractivity contribution >= 4 is 16.6 Å². The summed E-state index contributed by atoms with van der Waals surface area (Å²) in [6, 6.07) is 9.08. The number of rotatable bonds is 2. The Bertz CT molecular complexity index is 558. The van der Waals surface area contributed by atoms with Crippen LogP contribution < -0.4 is 4.74 Å². The van der Waals surface area contributed by atoms with Crippen molar-refractivity contribution in [3.8, 4) is 11.5 Å². The fourth-order valence-corrected chi connectivity index (χ4v) is 1.80. The van der Waals surface area contributed by atoms with Crippen LogP contribution in [0.5, 0.6) is 11.5 Å². The monoisotopic (exact) mass is 216 g/mol. The van der Waals surface area contributed by atoms with E-state index >= 15 is 0 Å². The first-order valence-corrected chi connectivity index (χ1v) is 4.94. The molecular formula is C13H12O3. The van der Waals surface area contributed by atoms with E-state index < -0.39 is 0 Å². The smallest absolute Gasteiger partial charge is 0.167 e. The average molecular weight is 216 g/mol. The van der Waals surface area contributed by atoms with Crippen molar-refractivity contribution in [2.24, 2.45) is 0 Å². The van der Waals surface area contributed by atoms with Crippen molar-refractivity contribution in [2.45, 2.75) is 6.92 Å². The first-order valence-electron chi connectivity index (χ1n) is 4.94. The van der Waals surface area contributed by atoms with Crippen LogP contribution in [0.3, 0.4) is 0 Å². The molecular weight excluding hydrogens is 204 g/mol. The van der Waals surface area contributed by atoms with Crippen LogP contribution in [0.2, 0.25) is 0 Å². The minimum Gasteiger partial charge on any atom is -0.506 e. The molecule has 0 amide bonds. The van der Waals surface area contributed by atoms with Crippen molar-refractivity contribution in [1.29, 1.82) is 0 Å². The van der Waals surface area contributed by atoms with Crippen LogP contribution in [0.1, 0.15) is 17.3 Å². The second kappa shape index (κ2) is 3.85. The Hall–Kier alpha value is -2.03. The molecule has 0 radical (unpaired) electrons. The second-order valence-corrected chi connectivity index (χ2v) is 3.58. The lowest BCUT2D eigenvalue weighted by Gasteiger charge is -2.10. The van der Waals surface area contributed by atoms with Gasteiger partial charge in [-0.15, -0.1) is 0 Å². The minimum absolute atomic E-state index is 0.0116. The number of ether oxygens (including phenoxy) is 1. The highest BCUT2D eigenvalue weighted by molar-refractivity contribution is 6.06. The van der Waals surface area contributed by atoms with E-state index in [1.165, 1.54) is 14.0 Å². The largest absolute Gasteiger partial charge is 0.506 e. The van der Waals surface area contributed by atoms with Crippen molar-refractivity contribution in [3.05, 3.63) is 35.9 Å². The van der Waals surface area contributed by atoms with Gasteiger partial charge in [-0.2, -0.15) is 0 Å². The van der Waals surface area contributed by atoms with Crippen LogP contribution in [-0.2, 0) is 0 Å². The van der Waals surface area contributed by atoms with Crippen LogP contribution in [0.25, 0.3) is 10.8 Å². The molecule has 3 heteroatoms. The van der Waals surface area contributed by atoms with E-state index in [9.17, 15) is 9.90 Å². The number of hydrogen-bond acceptors (Lipinski definition) is 3. The predicted octanol–water partition coefficient (Wildman–Crippen LogP) is 2.76. The second-order valence-electron chi connectivity index (χ2n) is 3.58. The summed E-state index contributed by atoms with van der Waals surface area (Å²) >= 11 is 0. The minimum atomic E-state index is -0.208. The van der Waals surface area contributed by atoms with Crippen LogP contribution in [0, 0.1) is 0 Å². The van der Waals surface area contributed by atoms with Gasteiger partial charge < -0.3 is 9.84 Å². The number of phenolic OH excluding ortho intramolecular Hbond substituents is 1. The highest BCUT2D eigenvalue weighted by atomic mass is 16.5. The van der Waals surface area contributed by atoms with Crippen molar-refractivity contribution in [2.75, 3.05) is 7.11 Å². The number of carbonyl (C=O) groups excluding carboxylic acids is 1. The van der Waals surface area contributed by atoms with Gasteiger partial charge in [0.1, 0.15) is 17.1 Å². The van der Waals surface area contributed by atoms with Crippen molar-refractivity contribution in [3.63, 3.8) is 0 Å². The number of hydrogen-bond donors (Lipinski definition) is 1. The van der Waals surface area contributed by atoms with E-state index in [-0.39, 0.29) is 17.1 Å². The normalized spacial score (nSPS) is 10.4. The Morgan fingerprint density at radius 3 is 2.62 bits per heavy atom. The van der Waals surface area contributed by atoms with E-state index in [4.69, 9.17) is 4.74 Å². The third kappa shape index (κ3) is 1.50. The molecule has 0 unspecified atom stereocenters. The number of Topliss-reactive ketones (excluding diaryl/α,β-unsaturated/α-hetero) is 1. The van der Waals surface area contributed by atoms with Crippen LogP contribution in [0.4, 0.5) is 0 Å². The fraction of sp³-hybridized carbons (Fsp3) is 0.154. The van der Waals surface area contributed by atoms with Crippen LogP contribution in [-0.4, -0.2) is 18.0 Å². The average Bonchev–Trinajstić information content (AvgIpc) is 2.28. The Balaban J connectivity index is 2.87. The lowest BCUT2D eigenvalue weighted by atomic mass is 10.0. The summed E-state index contributed by atoms with van der Waals surface area (Å²) in [5, 5.41) is 11.5. The van der Waals surface area contributed by atoms with E-state index in [1.54, 1.807) is 12.1 Å². The molecule has 82 valence electrons. The predicted molar refractivity (Wildman–Crippen MR) is 62.2 cm³/mol. The van der Waals surface area contributed by atoms with E-state index in [0.29, 0.717) is 11.1 Å². The Labute approximate surface area is 93.3 Å². The Morgan fingerprint density at radius 2 is 2.00 bits per heavy atom. The Morgan fingerprint density at radius 1 is 1.31 bits per heavy atom. The molecule has 0 aromatic heterocycles. The molecule has 2 rings (SSSR count). The van der Waals surface area contributed by atoms with E-state index in [1.807, 2.05) is 18.2 Å². The SMILES string of the molecule is COc1cc2ccccc2c(O)c1C(C)=O. The molecule has 0 aliphatic carbocycles. The molecule has 0 saturated carbocycles. The summed E-state index contributed by atoms with van der Waals surface area (Å²) < 4.78 is 5.11. The van der Waals surface area contributed by atoms with Gasteiger partial charge in [0.2, 0.25) is 0 Å². The molecule has 2 aromatic carbocycles. The van der Waals surface area contributed by atoms with Gasteiger partial charge in [0.25, 0.3) is 0 Å². The fourth-order valence-electron chi connectivity index (χ4n) is 1.80. The van der Waals surface area contributed by atoms with Crippen LogP contribution >= 0.6 is 0 Å². The highest BCUT2D eigenvalue weighted by Crippen LogP contribution is 2.36. The molecule has 2 aromatic rings. The molecule has 0 atom stereocenters. The summed E-state index contributed by atoms with van der Waals surface area (Å²) in [6.45, 7) is 1.41. The van der Waals surface area contributed by atoms with Gasteiger partial charge in [0.15, 0.2) is 5.78 Å². The van der Waals surface area contributed by atoms with Gasteiger partial charge >= 0.3 is 0 Å². The molecule has 1 N–H and O–H groups in total. The van der Waals surface area contributed by atoms with E-state index in [2.05, 4.69) is 0 Å². The van der Waals surface area contributed by atoms with Crippen molar-refractivity contribution in [1.82, 2.24) is 0 Å². The number of carbonyl (C=O) groups is 1. The first-order chi connectivity index (χ1) is 7.65. The molecule has 0 saturated heterocycles. The van der Waals surface area contributed by atoms with Gasteiger partial charge in [-0.25, -0.2) is 0 Å². The molecule has 0 fully saturated rings. The number of ketones is 1. The number of phenols is 1. The molecule has 0 aliphatic rings. The molecule has 0 aliphatic heterocycles. The molecule has 0 heterocycles. The van der Waals surface area contributed by atoms with Crippen LogP contribution in [0.15, 0.2) is 30.3 Å². The summed E-state index contributed by atoms with van der Waals surface area (Å²) in [5.74, 6) is 0.186. The number of aromatic hydroxyl groups is 1. The lowest BCUT2D eigenvalue weighted by Crippen LogP contribution is -1.98. The lowest BCUT2D eigenvalue weighted by molar-refractivity contribution is 0.101.